The Labute approximate surface area is 194 Å². The summed E-state index contributed by atoms with van der Waals surface area (Å²) in [6.45, 7) is 5.43. The van der Waals surface area contributed by atoms with Crippen LogP contribution in [-0.4, -0.2) is 70.4 Å². The summed E-state index contributed by atoms with van der Waals surface area (Å²) in [5.74, 6) is 0.736. The predicted molar refractivity (Wildman–Crippen MR) is 126 cm³/mol. The summed E-state index contributed by atoms with van der Waals surface area (Å²) in [6, 6.07) is 17.5. The van der Waals surface area contributed by atoms with Gasteiger partial charge >= 0.3 is 0 Å². The molecule has 2 aliphatic heterocycles. The number of hydrogen-bond donors (Lipinski definition) is 0. The van der Waals surface area contributed by atoms with Crippen LogP contribution in [0.4, 0.5) is 0 Å². The molecule has 3 aromatic rings. The molecule has 170 valence electrons. The molecule has 5 rings (SSSR count). The summed E-state index contributed by atoms with van der Waals surface area (Å²) in [5, 5.41) is 0. The van der Waals surface area contributed by atoms with Crippen LogP contribution in [0, 0.1) is 0 Å². The Morgan fingerprint density at radius 3 is 2.79 bits per heavy atom. The first-order valence-electron chi connectivity index (χ1n) is 11.4. The number of fused-ring (bicyclic) bond motifs is 1. The van der Waals surface area contributed by atoms with E-state index in [1.54, 1.807) is 17.3 Å². The van der Waals surface area contributed by atoms with Crippen LogP contribution in [-0.2, 0) is 13.1 Å². The number of ether oxygens (including phenoxy) is 1. The standard InChI is InChI=1S/C26H29N5O2/c1-29-11-12-30(24(19-29)21-5-3-2-4-6-21)17-20-7-8-25-22(15-20)18-31(13-14-33-25)26(32)23-16-27-9-10-28-23/h2-10,15-16,24H,11-14,17-19H2,1H3/t24-/m1/s1. The third kappa shape index (κ3) is 4.89. The molecule has 0 unspecified atom stereocenters. The normalized spacial score (nSPS) is 19.4. The lowest BCUT2D eigenvalue weighted by Gasteiger charge is -2.40. The zero-order chi connectivity index (χ0) is 22.6. The van der Waals surface area contributed by atoms with Gasteiger partial charge in [0.25, 0.3) is 5.91 Å². The van der Waals surface area contributed by atoms with Gasteiger partial charge in [0, 0.05) is 56.7 Å². The molecule has 3 heterocycles. The van der Waals surface area contributed by atoms with Crippen molar-refractivity contribution in [3.63, 3.8) is 0 Å². The van der Waals surface area contributed by atoms with Crippen molar-refractivity contribution in [1.29, 1.82) is 0 Å². The molecule has 0 spiro atoms. The van der Waals surface area contributed by atoms with Gasteiger partial charge in [-0.3, -0.25) is 14.7 Å². The lowest BCUT2D eigenvalue weighted by Crippen LogP contribution is -2.46. The third-order valence-corrected chi connectivity index (χ3v) is 6.44. The maximum absolute atomic E-state index is 12.9. The molecule has 1 aromatic heterocycles. The van der Waals surface area contributed by atoms with E-state index in [4.69, 9.17) is 4.74 Å². The highest BCUT2D eigenvalue weighted by atomic mass is 16.5. The number of carbonyl (C=O) groups is 1. The molecule has 2 aliphatic rings. The van der Waals surface area contributed by atoms with Crippen LogP contribution in [0.5, 0.6) is 5.75 Å². The largest absolute Gasteiger partial charge is 0.491 e. The maximum Gasteiger partial charge on any atom is 0.274 e. The van der Waals surface area contributed by atoms with Crippen molar-refractivity contribution in [3.8, 4) is 5.75 Å². The van der Waals surface area contributed by atoms with Crippen molar-refractivity contribution in [1.82, 2.24) is 24.7 Å². The molecule has 33 heavy (non-hydrogen) atoms. The van der Waals surface area contributed by atoms with Gasteiger partial charge in [-0.15, -0.1) is 0 Å². The molecule has 1 amide bonds. The van der Waals surface area contributed by atoms with E-state index in [2.05, 4.69) is 75.3 Å². The van der Waals surface area contributed by atoms with Gasteiger partial charge in [-0.25, -0.2) is 4.98 Å². The van der Waals surface area contributed by atoms with Crippen molar-refractivity contribution < 1.29 is 9.53 Å². The summed E-state index contributed by atoms with van der Waals surface area (Å²) in [6.07, 6.45) is 4.64. The van der Waals surface area contributed by atoms with Gasteiger partial charge in [0.15, 0.2) is 0 Å². The summed E-state index contributed by atoms with van der Waals surface area (Å²) in [5.41, 5.74) is 3.98. The number of likely N-dealkylation sites (N-methyl/N-ethyl adjacent to an activating group) is 1. The minimum absolute atomic E-state index is 0.117. The highest BCUT2D eigenvalue weighted by molar-refractivity contribution is 5.92. The van der Waals surface area contributed by atoms with E-state index in [0.29, 0.717) is 31.4 Å². The Morgan fingerprint density at radius 2 is 1.97 bits per heavy atom. The monoisotopic (exact) mass is 443 g/mol. The van der Waals surface area contributed by atoms with Gasteiger partial charge in [-0.1, -0.05) is 36.4 Å². The fourth-order valence-corrected chi connectivity index (χ4v) is 4.66. The molecule has 0 saturated carbocycles. The smallest absolute Gasteiger partial charge is 0.274 e. The molecule has 0 N–H and O–H groups in total. The van der Waals surface area contributed by atoms with Crippen molar-refractivity contribution in [2.24, 2.45) is 0 Å². The van der Waals surface area contributed by atoms with E-state index in [1.165, 1.54) is 17.3 Å². The van der Waals surface area contributed by atoms with E-state index in [9.17, 15) is 4.79 Å². The Morgan fingerprint density at radius 1 is 1.09 bits per heavy atom. The lowest BCUT2D eigenvalue weighted by molar-refractivity contribution is 0.0726. The molecule has 7 heteroatoms. The first-order valence-corrected chi connectivity index (χ1v) is 11.4. The zero-order valence-electron chi connectivity index (χ0n) is 18.9. The highest BCUT2D eigenvalue weighted by Crippen LogP contribution is 2.29. The first-order chi connectivity index (χ1) is 16.2. The second kappa shape index (κ2) is 9.68. The second-order valence-electron chi connectivity index (χ2n) is 8.77. The molecule has 1 fully saturated rings. The Hall–Kier alpha value is -3.29. The minimum Gasteiger partial charge on any atom is -0.491 e. The summed E-state index contributed by atoms with van der Waals surface area (Å²) >= 11 is 0. The van der Waals surface area contributed by atoms with Crippen LogP contribution in [0.25, 0.3) is 0 Å². The van der Waals surface area contributed by atoms with Crippen LogP contribution in [0.2, 0.25) is 0 Å². The molecule has 1 saturated heterocycles. The number of carbonyl (C=O) groups excluding carboxylic acids is 1. The van der Waals surface area contributed by atoms with Crippen LogP contribution in [0.1, 0.15) is 33.2 Å². The predicted octanol–water partition coefficient (Wildman–Crippen LogP) is 3.00. The van der Waals surface area contributed by atoms with Crippen LogP contribution >= 0.6 is 0 Å². The quantitative estimate of drug-likeness (QED) is 0.618. The number of rotatable bonds is 4. The lowest BCUT2D eigenvalue weighted by atomic mass is 10.0. The fourth-order valence-electron chi connectivity index (χ4n) is 4.66. The van der Waals surface area contributed by atoms with E-state index >= 15 is 0 Å². The Bertz CT molecular complexity index is 1090. The number of amides is 1. The van der Waals surface area contributed by atoms with Gasteiger partial charge in [0.05, 0.1) is 12.7 Å². The molecule has 1 atom stereocenters. The average molecular weight is 444 g/mol. The molecular formula is C26H29N5O2. The van der Waals surface area contributed by atoms with E-state index < -0.39 is 0 Å². The van der Waals surface area contributed by atoms with Crippen molar-refractivity contribution >= 4 is 5.91 Å². The van der Waals surface area contributed by atoms with Crippen LogP contribution < -0.4 is 4.74 Å². The second-order valence-corrected chi connectivity index (χ2v) is 8.77. The molecular weight excluding hydrogens is 414 g/mol. The van der Waals surface area contributed by atoms with Crippen LogP contribution in [0.15, 0.2) is 67.1 Å². The molecule has 7 nitrogen and oxygen atoms in total. The zero-order valence-corrected chi connectivity index (χ0v) is 18.9. The number of hydrogen-bond acceptors (Lipinski definition) is 6. The maximum atomic E-state index is 12.9. The number of benzene rings is 2. The van der Waals surface area contributed by atoms with E-state index in [-0.39, 0.29) is 5.91 Å². The SMILES string of the molecule is CN1CCN(Cc2ccc3c(c2)CN(C(=O)c2cnccn2)CCO3)[C@@H](c2ccccc2)C1. The number of piperazine rings is 1. The number of nitrogens with zero attached hydrogens (tertiary/aromatic N) is 5. The Kier molecular flexibility index (Phi) is 6.32. The molecule has 0 aliphatic carbocycles. The third-order valence-electron chi connectivity index (χ3n) is 6.44. The fraction of sp³-hybridized carbons (Fsp3) is 0.346. The van der Waals surface area contributed by atoms with Gasteiger partial charge in [0.2, 0.25) is 0 Å². The van der Waals surface area contributed by atoms with Crippen molar-refractivity contribution in [3.05, 3.63) is 89.5 Å². The number of aromatic nitrogens is 2. The van der Waals surface area contributed by atoms with Crippen molar-refractivity contribution in [2.75, 3.05) is 39.8 Å². The first kappa shape index (κ1) is 21.6. The van der Waals surface area contributed by atoms with E-state index in [1.807, 2.05) is 0 Å². The highest BCUT2D eigenvalue weighted by Gasteiger charge is 2.27. The molecule has 0 radical (unpaired) electrons. The topological polar surface area (TPSA) is 61.8 Å². The van der Waals surface area contributed by atoms with E-state index in [0.717, 1.165) is 37.5 Å². The average Bonchev–Trinajstić information content (AvgIpc) is 3.08. The van der Waals surface area contributed by atoms with Gasteiger partial charge < -0.3 is 14.5 Å². The summed E-state index contributed by atoms with van der Waals surface area (Å²) < 4.78 is 5.96. The van der Waals surface area contributed by atoms with Gasteiger partial charge in [-0.2, -0.15) is 0 Å². The van der Waals surface area contributed by atoms with Gasteiger partial charge in [-0.05, 0) is 30.3 Å². The molecule has 2 aromatic carbocycles. The van der Waals surface area contributed by atoms with Crippen molar-refractivity contribution in [2.45, 2.75) is 19.1 Å². The van der Waals surface area contributed by atoms with Crippen LogP contribution in [0.3, 0.4) is 0 Å². The minimum atomic E-state index is -0.117. The summed E-state index contributed by atoms with van der Waals surface area (Å²) in [7, 11) is 2.19. The van der Waals surface area contributed by atoms with Gasteiger partial charge in [0.1, 0.15) is 18.1 Å². The Balaban J connectivity index is 1.35. The summed E-state index contributed by atoms with van der Waals surface area (Å²) in [4.78, 5) is 27.9. The molecule has 0 bridgehead atoms.